The molecule has 0 aromatic heterocycles. The summed E-state index contributed by atoms with van der Waals surface area (Å²) >= 11 is 0. The Labute approximate surface area is 331 Å². The third-order valence-corrected chi connectivity index (χ3v) is 18.5. The van der Waals surface area contributed by atoms with Gasteiger partial charge >= 0.3 is 11.9 Å². The quantitative estimate of drug-likeness (QED) is 0.0904. The van der Waals surface area contributed by atoms with Crippen molar-refractivity contribution in [3.63, 3.8) is 0 Å². The van der Waals surface area contributed by atoms with E-state index in [-0.39, 0.29) is 12.8 Å². The molecule has 0 aliphatic carbocycles. The average molecular weight is 787 g/mol. The molecule has 0 radical (unpaired) electrons. The number of unbranched alkanes of at least 4 members (excludes halogenated alkanes) is 2. The maximum atomic E-state index is 10.9. The zero-order valence-electron chi connectivity index (χ0n) is 31.3. The molecule has 6 aromatic rings. The van der Waals surface area contributed by atoms with Crippen molar-refractivity contribution in [1.29, 1.82) is 0 Å². The molecular weight excluding hydrogens is 738 g/mol. The van der Waals surface area contributed by atoms with Crippen LogP contribution in [0.2, 0.25) is 0 Å². The van der Waals surface area contributed by atoms with Gasteiger partial charge in [0, 0.05) is 12.8 Å². The van der Waals surface area contributed by atoms with E-state index < -0.39 is 32.6 Å². The number of carbonyl (C=O) groups is 3. The van der Waals surface area contributed by atoms with Crippen LogP contribution in [-0.4, -0.2) is 40.6 Å². The summed E-state index contributed by atoms with van der Waals surface area (Å²) in [5.41, 5.74) is 0. The highest BCUT2D eigenvalue weighted by molar-refractivity contribution is 7.96. The first-order valence-corrected chi connectivity index (χ1v) is 22.6. The molecule has 56 heavy (non-hydrogen) atoms. The summed E-state index contributed by atoms with van der Waals surface area (Å²) in [6.07, 6.45) is 3.33. The fourth-order valence-electron chi connectivity index (χ4n) is 7.01. The van der Waals surface area contributed by atoms with E-state index in [2.05, 4.69) is 182 Å². The number of carboxylic acid groups (broad SMARTS) is 4. The summed E-state index contributed by atoms with van der Waals surface area (Å²) in [6.45, 7) is 0. The summed E-state index contributed by atoms with van der Waals surface area (Å²) in [5.74, 6) is -1.43. The topological polar surface area (TPSA) is 138 Å². The molecule has 0 spiro atoms. The van der Waals surface area contributed by atoms with Crippen LogP contribution in [0.15, 0.2) is 182 Å². The summed E-state index contributed by atoms with van der Waals surface area (Å²) < 4.78 is 0. The fraction of sp³-hybridized carbons (Fsp3) is 0.170. The van der Waals surface area contributed by atoms with E-state index in [4.69, 9.17) is 25.2 Å². The molecule has 0 unspecified atom stereocenters. The van der Waals surface area contributed by atoms with Crippen LogP contribution in [-0.2, 0) is 9.59 Å². The molecule has 0 heterocycles. The number of benzene rings is 6. The molecule has 0 atom stereocenters. The Morgan fingerprint density at radius 1 is 0.357 bits per heavy atom. The molecule has 2 N–H and O–H groups in total. The minimum atomic E-state index is -2.33. The van der Waals surface area contributed by atoms with E-state index in [1.54, 1.807) is 0 Å². The van der Waals surface area contributed by atoms with Gasteiger partial charge in [-0.3, -0.25) is 9.59 Å². The van der Waals surface area contributed by atoms with Crippen molar-refractivity contribution >= 4 is 64.4 Å². The lowest BCUT2D eigenvalue weighted by Crippen LogP contribution is -2.37. The highest BCUT2D eigenvalue weighted by Gasteiger charge is 2.45. The minimum absolute atomic E-state index is 0.234. The SMILES string of the molecule is O=C(O)CCCC[P+](c1ccccc1)(c1ccccc1)c1ccccc1.O=C(O)CCCC[P+](c1ccccc1)(c1ccccc1)c1ccccc1.O=C([O-])[O-]. The molecule has 0 fully saturated rings. The monoisotopic (exact) mass is 786 g/mol. The first kappa shape index (κ1) is 43.1. The third kappa shape index (κ3) is 12.2. The van der Waals surface area contributed by atoms with Crippen molar-refractivity contribution in [2.75, 3.05) is 12.3 Å². The van der Waals surface area contributed by atoms with Crippen LogP contribution < -0.4 is 42.0 Å². The Kier molecular flexibility index (Phi) is 17.5. The minimum Gasteiger partial charge on any atom is -0.652 e. The van der Waals surface area contributed by atoms with Gasteiger partial charge in [0.05, 0.1) is 12.3 Å². The number of hydrogen-bond acceptors (Lipinski definition) is 5. The molecule has 0 aliphatic heterocycles. The molecule has 6 rings (SSSR count). The zero-order valence-corrected chi connectivity index (χ0v) is 33.1. The number of aliphatic carboxylic acids is 2. The fourth-order valence-corrected chi connectivity index (χ4v) is 15.8. The lowest BCUT2D eigenvalue weighted by Gasteiger charge is -2.27. The Hall–Kier alpha value is -5.61. The number of carbonyl (C=O) groups excluding carboxylic acids is 1. The van der Waals surface area contributed by atoms with Gasteiger partial charge in [0.1, 0.15) is 46.4 Å². The molecular formula is C47H48O7P2. The lowest BCUT2D eigenvalue weighted by molar-refractivity contribution is -0.415. The van der Waals surface area contributed by atoms with Gasteiger partial charge < -0.3 is 25.2 Å². The summed E-state index contributed by atoms with van der Waals surface area (Å²) in [5, 5.41) is 42.8. The molecule has 0 bridgehead atoms. The van der Waals surface area contributed by atoms with Gasteiger partial charge in [-0.15, -0.1) is 0 Å². The second kappa shape index (κ2) is 22.7. The first-order chi connectivity index (χ1) is 27.2. The Morgan fingerprint density at radius 2 is 0.536 bits per heavy atom. The predicted octanol–water partition coefficient (Wildman–Crippen LogP) is 6.02. The molecule has 9 heteroatoms. The molecule has 0 amide bonds. The lowest BCUT2D eigenvalue weighted by atomic mass is 10.2. The third-order valence-electron chi connectivity index (χ3n) is 9.45. The maximum Gasteiger partial charge on any atom is 0.303 e. The van der Waals surface area contributed by atoms with Crippen LogP contribution in [0.5, 0.6) is 0 Å². The van der Waals surface area contributed by atoms with E-state index in [1.807, 2.05) is 0 Å². The predicted molar refractivity (Wildman–Crippen MR) is 228 cm³/mol. The largest absolute Gasteiger partial charge is 0.652 e. The smallest absolute Gasteiger partial charge is 0.303 e. The van der Waals surface area contributed by atoms with E-state index in [0.29, 0.717) is 12.8 Å². The van der Waals surface area contributed by atoms with E-state index in [9.17, 15) is 9.59 Å². The van der Waals surface area contributed by atoms with Crippen molar-refractivity contribution in [2.24, 2.45) is 0 Å². The summed E-state index contributed by atoms with van der Waals surface area (Å²) in [6, 6.07) is 64.3. The van der Waals surface area contributed by atoms with Gasteiger partial charge in [-0.2, -0.15) is 0 Å². The number of rotatable bonds is 16. The highest BCUT2D eigenvalue weighted by Crippen LogP contribution is 2.57. The van der Waals surface area contributed by atoms with Crippen LogP contribution in [0.25, 0.3) is 0 Å². The van der Waals surface area contributed by atoms with Crippen molar-refractivity contribution in [3.8, 4) is 0 Å². The Bertz CT molecular complexity index is 1690. The molecule has 0 aliphatic rings. The van der Waals surface area contributed by atoms with Crippen molar-refractivity contribution in [1.82, 2.24) is 0 Å². The van der Waals surface area contributed by atoms with Gasteiger partial charge in [-0.1, -0.05) is 109 Å². The molecule has 0 saturated carbocycles. The van der Waals surface area contributed by atoms with Crippen molar-refractivity contribution in [2.45, 2.75) is 38.5 Å². The van der Waals surface area contributed by atoms with Gasteiger partial charge in [0.2, 0.25) is 0 Å². The molecule has 0 saturated heterocycles. The molecule has 288 valence electrons. The van der Waals surface area contributed by atoms with Crippen molar-refractivity contribution in [3.05, 3.63) is 182 Å². The standard InChI is InChI=1S/2C23H23O2P.CH2O3/c2*24-23(25)18-10-11-19-26(20-12-4-1-5-13-20,21-14-6-2-7-15-21)22-16-8-3-9-17-22;2-1(3)4/h2*1-9,12-17H,10-11,18-19H2;(H2,2,3,4). The second-order valence-electron chi connectivity index (χ2n) is 13.0. The van der Waals surface area contributed by atoms with Gasteiger partial charge in [-0.25, -0.2) is 0 Å². The summed E-state index contributed by atoms with van der Waals surface area (Å²) in [7, 11) is -3.61. The van der Waals surface area contributed by atoms with Crippen molar-refractivity contribution < 1.29 is 34.8 Å². The number of hydrogen-bond donors (Lipinski definition) is 2. The second-order valence-corrected chi connectivity index (χ2v) is 20.3. The van der Waals surface area contributed by atoms with Gasteiger partial charge in [0.25, 0.3) is 0 Å². The number of carboxylic acids is 2. The normalized spacial score (nSPS) is 10.9. The highest BCUT2D eigenvalue weighted by atomic mass is 31.2. The van der Waals surface area contributed by atoms with Crippen LogP contribution in [0.4, 0.5) is 4.79 Å². The van der Waals surface area contributed by atoms with Gasteiger partial charge in [0.15, 0.2) is 0 Å². The Balaban J connectivity index is 0.000000227. The van der Waals surface area contributed by atoms with E-state index in [1.165, 1.54) is 31.8 Å². The van der Waals surface area contributed by atoms with Crippen LogP contribution in [0.3, 0.4) is 0 Å². The zero-order chi connectivity index (χ0) is 40.1. The summed E-state index contributed by atoms with van der Waals surface area (Å²) in [4.78, 5) is 30.2. The first-order valence-electron chi connectivity index (χ1n) is 18.6. The van der Waals surface area contributed by atoms with Crippen LogP contribution in [0, 0.1) is 0 Å². The molecule has 7 nitrogen and oxygen atoms in total. The van der Waals surface area contributed by atoms with Crippen LogP contribution >= 0.6 is 14.5 Å². The van der Waals surface area contributed by atoms with E-state index in [0.717, 1.165) is 25.2 Å². The van der Waals surface area contributed by atoms with Crippen LogP contribution in [0.1, 0.15) is 38.5 Å². The maximum absolute atomic E-state index is 10.9. The Morgan fingerprint density at radius 3 is 0.696 bits per heavy atom. The average Bonchev–Trinajstić information content (AvgIpc) is 3.23. The molecule has 6 aromatic carbocycles. The van der Waals surface area contributed by atoms with Gasteiger partial charge in [-0.05, 0) is 105 Å². The van der Waals surface area contributed by atoms with E-state index >= 15 is 0 Å².